The van der Waals surface area contributed by atoms with Crippen LogP contribution in [0.5, 0.6) is 0 Å². The summed E-state index contributed by atoms with van der Waals surface area (Å²) in [7, 11) is -2.08. The van der Waals surface area contributed by atoms with Crippen LogP contribution in [0.2, 0.25) is 13.1 Å². The summed E-state index contributed by atoms with van der Waals surface area (Å²) < 4.78 is 0. The minimum atomic E-state index is -2.08. The Balaban J connectivity index is 1.95. The Bertz CT molecular complexity index is 941. The molecule has 0 heterocycles. The number of hydrogen-bond acceptors (Lipinski definition) is 2. The molecule has 4 rings (SSSR count). The molecule has 0 unspecified atom stereocenters. The largest absolute Gasteiger partial charge is 0.289 e. The van der Waals surface area contributed by atoms with Gasteiger partial charge in [-0.1, -0.05) is 49.5 Å². The van der Waals surface area contributed by atoms with Gasteiger partial charge in [0.1, 0.15) is 8.07 Å². The molecule has 0 amide bonds. The highest BCUT2D eigenvalue weighted by Crippen LogP contribution is 2.28. The van der Waals surface area contributed by atoms with E-state index in [1.165, 1.54) is 10.4 Å². The lowest BCUT2D eigenvalue weighted by Gasteiger charge is -2.27. The summed E-state index contributed by atoms with van der Waals surface area (Å²) in [5, 5.41) is 2.52. The quantitative estimate of drug-likeness (QED) is 0.778. The lowest BCUT2D eigenvalue weighted by molar-refractivity contribution is 0.103. The molecule has 0 saturated heterocycles. The monoisotopic (exact) mass is 344 g/mol. The number of ketones is 2. The molecule has 124 valence electrons. The molecule has 25 heavy (non-hydrogen) atoms. The molecule has 0 N–H and O–H groups in total. The average molecular weight is 344 g/mol. The van der Waals surface area contributed by atoms with Crippen LogP contribution in [-0.2, 0) is 0 Å². The van der Waals surface area contributed by atoms with E-state index in [-0.39, 0.29) is 11.6 Å². The fourth-order valence-electron chi connectivity index (χ4n) is 4.06. The number of rotatable bonds is 2. The summed E-state index contributed by atoms with van der Waals surface area (Å²) in [5.41, 5.74) is 5.37. The summed E-state index contributed by atoms with van der Waals surface area (Å²) in [6, 6.07) is 12.1. The van der Waals surface area contributed by atoms with Crippen molar-refractivity contribution in [2.75, 3.05) is 0 Å². The van der Waals surface area contributed by atoms with Gasteiger partial charge in [0.2, 0.25) is 0 Å². The van der Waals surface area contributed by atoms with Crippen molar-refractivity contribution in [3.63, 3.8) is 0 Å². The maximum atomic E-state index is 12.4. The van der Waals surface area contributed by atoms with E-state index in [1.54, 1.807) is 0 Å². The fraction of sp³-hybridized carbons (Fsp3) is 0.182. The molecule has 2 aromatic rings. The first-order valence-corrected chi connectivity index (χ1v) is 11.6. The Morgan fingerprint density at radius 3 is 1.48 bits per heavy atom. The predicted octanol–water partition coefficient (Wildman–Crippen LogP) is 3.71. The summed E-state index contributed by atoms with van der Waals surface area (Å²) in [5.74, 6) is 0.261. The first kappa shape index (κ1) is 16.0. The predicted molar refractivity (Wildman–Crippen MR) is 106 cm³/mol. The Morgan fingerprint density at radius 2 is 1.08 bits per heavy atom. The van der Waals surface area contributed by atoms with Gasteiger partial charge in [-0.15, -0.1) is 0 Å². The van der Waals surface area contributed by atoms with E-state index in [2.05, 4.69) is 25.2 Å². The zero-order valence-corrected chi connectivity index (χ0v) is 15.9. The molecule has 2 aliphatic carbocycles. The van der Waals surface area contributed by atoms with E-state index in [1.807, 2.05) is 50.3 Å². The van der Waals surface area contributed by atoms with E-state index >= 15 is 0 Å². The molecular weight excluding hydrogens is 324 g/mol. The first-order valence-electron chi connectivity index (χ1n) is 8.55. The van der Waals surface area contributed by atoms with Gasteiger partial charge in [-0.2, -0.15) is 0 Å². The minimum Gasteiger partial charge on any atom is -0.289 e. The van der Waals surface area contributed by atoms with Crippen molar-refractivity contribution >= 4 is 42.2 Å². The van der Waals surface area contributed by atoms with Gasteiger partial charge in [0.05, 0.1) is 0 Å². The van der Waals surface area contributed by atoms with Gasteiger partial charge in [0.25, 0.3) is 0 Å². The third-order valence-corrected chi connectivity index (χ3v) is 9.05. The third-order valence-electron chi connectivity index (χ3n) is 5.49. The Labute approximate surface area is 148 Å². The summed E-state index contributed by atoms with van der Waals surface area (Å²) >= 11 is 0. The lowest BCUT2D eigenvalue weighted by atomic mass is 10.1. The molecule has 3 heteroatoms. The van der Waals surface area contributed by atoms with Crippen molar-refractivity contribution < 1.29 is 9.59 Å². The zero-order chi connectivity index (χ0) is 17.9. The average Bonchev–Trinajstić information content (AvgIpc) is 3.04. The van der Waals surface area contributed by atoms with Gasteiger partial charge in [0, 0.05) is 11.1 Å². The molecule has 0 saturated carbocycles. The van der Waals surface area contributed by atoms with Crippen LogP contribution >= 0.6 is 0 Å². The van der Waals surface area contributed by atoms with Crippen LogP contribution in [0.4, 0.5) is 0 Å². The molecule has 0 fully saturated rings. The summed E-state index contributed by atoms with van der Waals surface area (Å²) in [6.07, 6.45) is 4.05. The van der Waals surface area contributed by atoms with Crippen LogP contribution in [0.1, 0.15) is 45.7 Å². The van der Waals surface area contributed by atoms with Gasteiger partial charge in [-0.3, -0.25) is 9.59 Å². The van der Waals surface area contributed by atoms with Crippen molar-refractivity contribution in [3.05, 3.63) is 69.8 Å². The second kappa shape index (κ2) is 5.23. The second-order valence-corrected chi connectivity index (χ2v) is 11.8. The highest BCUT2D eigenvalue weighted by molar-refractivity contribution is 7.01. The van der Waals surface area contributed by atoms with Gasteiger partial charge in [0.15, 0.2) is 11.6 Å². The number of Topliss-reactive ketones (excluding diaryl/α,β-unsaturated/α-hetero) is 2. The molecule has 0 aliphatic heterocycles. The van der Waals surface area contributed by atoms with Crippen LogP contribution in [0.15, 0.2) is 47.5 Å². The third kappa shape index (κ3) is 2.16. The molecular formula is C22H20O2Si. The normalized spacial score (nSPS) is 15.8. The SMILES string of the molecule is CC1=Cc2c(cccc2[Si](C)(C)c2cccc3c2C=C(C)C3=O)C1=O. The van der Waals surface area contributed by atoms with Crippen LogP contribution in [0.3, 0.4) is 0 Å². The Hall–Kier alpha value is -2.52. The van der Waals surface area contributed by atoms with Gasteiger partial charge >= 0.3 is 0 Å². The highest BCUT2D eigenvalue weighted by atomic mass is 28.3. The van der Waals surface area contributed by atoms with E-state index < -0.39 is 8.07 Å². The number of carbonyl (C=O) groups is 2. The van der Waals surface area contributed by atoms with E-state index in [9.17, 15) is 9.59 Å². The van der Waals surface area contributed by atoms with Crippen molar-refractivity contribution in [2.45, 2.75) is 26.9 Å². The molecule has 0 atom stereocenters. The van der Waals surface area contributed by atoms with Gasteiger partial charge in [-0.05, 0) is 58.6 Å². The van der Waals surface area contributed by atoms with Crippen molar-refractivity contribution in [1.82, 2.24) is 0 Å². The standard InChI is InChI=1S/C22H20O2Si/c1-13-11-17-15(21(13)23)7-5-9-19(17)25(3,4)20-10-6-8-16-18(20)12-14(2)22(16)24/h5-12H,1-4H3. The topological polar surface area (TPSA) is 34.1 Å². The maximum absolute atomic E-state index is 12.4. The number of carbonyl (C=O) groups excluding carboxylic acids is 2. The second-order valence-electron chi connectivity index (χ2n) is 7.47. The van der Waals surface area contributed by atoms with Gasteiger partial charge < -0.3 is 0 Å². The highest BCUT2D eigenvalue weighted by Gasteiger charge is 2.35. The molecule has 0 bridgehead atoms. The van der Waals surface area contributed by atoms with Crippen LogP contribution in [-0.4, -0.2) is 19.6 Å². The van der Waals surface area contributed by atoms with Crippen molar-refractivity contribution in [3.8, 4) is 0 Å². The molecule has 0 radical (unpaired) electrons. The van der Waals surface area contributed by atoms with Crippen LogP contribution in [0, 0.1) is 0 Å². The van der Waals surface area contributed by atoms with E-state index in [4.69, 9.17) is 0 Å². The minimum absolute atomic E-state index is 0.130. The first-order chi connectivity index (χ1) is 11.8. The number of benzene rings is 2. The Kier molecular flexibility index (Phi) is 3.34. The molecule has 0 spiro atoms. The van der Waals surface area contributed by atoms with E-state index in [0.717, 1.165) is 33.4 Å². The lowest BCUT2D eigenvalue weighted by Crippen LogP contribution is -2.55. The van der Waals surface area contributed by atoms with Gasteiger partial charge in [-0.25, -0.2) is 0 Å². The number of allylic oxidation sites excluding steroid dienone is 2. The zero-order valence-electron chi connectivity index (χ0n) is 14.9. The summed E-state index contributed by atoms with van der Waals surface area (Å²) in [6.45, 7) is 8.36. The van der Waals surface area contributed by atoms with E-state index in [0.29, 0.717) is 0 Å². The number of hydrogen-bond donors (Lipinski definition) is 0. The fourth-order valence-corrected chi connectivity index (χ4v) is 7.14. The summed E-state index contributed by atoms with van der Waals surface area (Å²) in [4.78, 5) is 24.8. The number of fused-ring (bicyclic) bond motifs is 2. The molecule has 2 aromatic carbocycles. The molecule has 2 nitrogen and oxygen atoms in total. The molecule has 0 aromatic heterocycles. The smallest absolute Gasteiger partial charge is 0.189 e. The maximum Gasteiger partial charge on any atom is 0.189 e. The van der Waals surface area contributed by atoms with Crippen LogP contribution in [0.25, 0.3) is 12.2 Å². The van der Waals surface area contributed by atoms with Crippen LogP contribution < -0.4 is 10.4 Å². The van der Waals surface area contributed by atoms with Crippen molar-refractivity contribution in [2.24, 2.45) is 0 Å². The van der Waals surface area contributed by atoms with Crippen molar-refractivity contribution in [1.29, 1.82) is 0 Å². The Morgan fingerprint density at radius 1 is 0.680 bits per heavy atom. The molecule has 2 aliphatic rings.